The number of likely N-dealkylation sites (tertiary alicyclic amines) is 1. The van der Waals surface area contributed by atoms with Crippen molar-refractivity contribution in [2.24, 2.45) is 11.8 Å². The van der Waals surface area contributed by atoms with Crippen LogP contribution >= 0.6 is 0 Å². The Hall–Kier alpha value is -2.14. The van der Waals surface area contributed by atoms with E-state index in [0.717, 1.165) is 0 Å². The van der Waals surface area contributed by atoms with Gasteiger partial charge in [0.2, 0.25) is 11.8 Å². The number of nitrogens with zero attached hydrogens (tertiary/aromatic N) is 1. The van der Waals surface area contributed by atoms with E-state index in [0.29, 0.717) is 18.6 Å². The van der Waals surface area contributed by atoms with Gasteiger partial charge in [0, 0.05) is 0 Å². The number of hydrogen-bond acceptors (Lipinski definition) is 4. The third kappa shape index (κ3) is 2.90. The lowest BCUT2D eigenvalue weighted by atomic mass is 9.85. The molecule has 116 valence electrons. The van der Waals surface area contributed by atoms with Crippen LogP contribution in [0.2, 0.25) is 0 Å². The summed E-state index contributed by atoms with van der Waals surface area (Å²) in [7, 11) is 0. The molecule has 1 N–H and O–H groups in total. The van der Waals surface area contributed by atoms with Crippen molar-refractivity contribution in [2.45, 2.75) is 18.9 Å². The Morgan fingerprint density at radius 2 is 1.68 bits per heavy atom. The number of imide groups is 1. The van der Waals surface area contributed by atoms with E-state index in [1.165, 1.54) is 4.90 Å². The highest BCUT2D eigenvalue weighted by molar-refractivity contribution is 6.05. The van der Waals surface area contributed by atoms with Gasteiger partial charge >= 0.3 is 0 Å². The number of amides is 2. The Morgan fingerprint density at radius 3 is 2.27 bits per heavy atom. The smallest absolute Gasteiger partial charge is 0.233 e. The Labute approximate surface area is 129 Å². The van der Waals surface area contributed by atoms with Gasteiger partial charge in [-0.05, 0) is 25.0 Å². The molecule has 2 aliphatic rings. The highest BCUT2D eigenvalue weighted by Crippen LogP contribution is 2.35. The van der Waals surface area contributed by atoms with E-state index in [1.807, 2.05) is 30.4 Å². The molecule has 22 heavy (non-hydrogen) atoms. The van der Waals surface area contributed by atoms with E-state index >= 15 is 0 Å². The number of β-amino-alcohol motifs (C(OH)–C–C–N with tert-alkyl or cyclic N) is 1. The Kier molecular flexibility index (Phi) is 4.24. The quantitative estimate of drug-likeness (QED) is 0.659. The van der Waals surface area contributed by atoms with Gasteiger partial charge in [-0.2, -0.15) is 0 Å². The first-order valence-electron chi connectivity index (χ1n) is 7.53. The van der Waals surface area contributed by atoms with Crippen LogP contribution in [-0.4, -0.2) is 41.1 Å². The minimum atomic E-state index is -0.888. The summed E-state index contributed by atoms with van der Waals surface area (Å²) in [4.78, 5) is 25.8. The number of aliphatic hydroxyl groups is 1. The molecule has 3 rings (SSSR count). The van der Waals surface area contributed by atoms with Gasteiger partial charge in [-0.1, -0.05) is 30.4 Å². The van der Waals surface area contributed by atoms with Crippen molar-refractivity contribution in [3.63, 3.8) is 0 Å². The lowest BCUT2D eigenvalue weighted by molar-refractivity contribution is -0.141. The van der Waals surface area contributed by atoms with Gasteiger partial charge < -0.3 is 9.84 Å². The summed E-state index contributed by atoms with van der Waals surface area (Å²) in [5.74, 6) is -0.186. The number of carbonyl (C=O) groups is 2. The summed E-state index contributed by atoms with van der Waals surface area (Å²) in [5, 5.41) is 10.1. The zero-order chi connectivity index (χ0) is 15.5. The van der Waals surface area contributed by atoms with Gasteiger partial charge in [0.15, 0.2) is 0 Å². The van der Waals surface area contributed by atoms with Crippen molar-refractivity contribution in [1.82, 2.24) is 4.90 Å². The molecule has 0 aromatic heterocycles. The van der Waals surface area contributed by atoms with Crippen molar-refractivity contribution >= 4 is 11.8 Å². The minimum Gasteiger partial charge on any atom is -0.491 e. The predicted molar refractivity (Wildman–Crippen MR) is 80.0 cm³/mol. The SMILES string of the molecule is O=C1C2CC=CCC2C(=O)N1CC(O)COc1ccccc1. The summed E-state index contributed by atoms with van der Waals surface area (Å²) in [6, 6.07) is 9.14. The predicted octanol–water partition coefficient (Wildman–Crippen LogP) is 1.38. The summed E-state index contributed by atoms with van der Waals surface area (Å²) in [6.07, 6.45) is 4.24. The number of aliphatic hydroxyl groups excluding tert-OH is 1. The van der Waals surface area contributed by atoms with E-state index in [1.54, 1.807) is 12.1 Å². The Morgan fingerprint density at radius 1 is 1.09 bits per heavy atom. The molecule has 1 aromatic rings. The van der Waals surface area contributed by atoms with Crippen LogP contribution in [0.4, 0.5) is 0 Å². The highest BCUT2D eigenvalue weighted by atomic mass is 16.5. The average molecular weight is 301 g/mol. The molecule has 0 radical (unpaired) electrons. The van der Waals surface area contributed by atoms with Gasteiger partial charge in [-0.15, -0.1) is 0 Å². The Bertz CT molecular complexity index is 558. The number of ether oxygens (including phenoxy) is 1. The minimum absolute atomic E-state index is 0.00248. The molecule has 1 saturated heterocycles. The van der Waals surface area contributed by atoms with E-state index < -0.39 is 6.10 Å². The molecule has 0 bridgehead atoms. The first-order chi connectivity index (χ1) is 10.7. The van der Waals surface area contributed by atoms with Crippen LogP contribution in [0.5, 0.6) is 5.75 Å². The van der Waals surface area contributed by atoms with Crippen molar-refractivity contribution in [2.75, 3.05) is 13.2 Å². The molecule has 1 fully saturated rings. The van der Waals surface area contributed by atoms with E-state index in [4.69, 9.17) is 4.74 Å². The molecule has 5 nitrogen and oxygen atoms in total. The Balaban J connectivity index is 1.56. The molecule has 1 aliphatic heterocycles. The highest BCUT2D eigenvalue weighted by Gasteiger charge is 2.47. The second kappa shape index (κ2) is 6.32. The van der Waals surface area contributed by atoms with Gasteiger partial charge in [-0.3, -0.25) is 14.5 Å². The number of fused-ring (bicyclic) bond motifs is 1. The van der Waals surface area contributed by atoms with Gasteiger partial charge in [0.25, 0.3) is 0 Å². The first-order valence-corrected chi connectivity index (χ1v) is 7.53. The lowest BCUT2D eigenvalue weighted by Gasteiger charge is -2.19. The standard InChI is InChI=1S/C17H19NO4/c19-12(11-22-13-6-2-1-3-7-13)10-18-16(20)14-8-4-5-9-15(14)17(18)21/h1-7,12,14-15,19H,8-11H2. The zero-order valence-electron chi connectivity index (χ0n) is 12.2. The summed E-state index contributed by atoms with van der Waals surface area (Å²) in [5.41, 5.74) is 0. The van der Waals surface area contributed by atoms with Crippen LogP contribution in [-0.2, 0) is 9.59 Å². The fourth-order valence-electron chi connectivity index (χ4n) is 3.02. The van der Waals surface area contributed by atoms with Crippen LogP contribution in [0.15, 0.2) is 42.5 Å². The molecular formula is C17H19NO4. The number of benzene rings is 1. The van der Waals surface area contributed by atoms with Crippen molar-refractivity contribution in [3.05, 3.63) is 42.5 Å². The molecule has 0 spiro atoms. The topological polar surface area (TPSA) is 66.8 Å². The number of rotatable bonds is 5. The zero-order valence-corrected chi connectivity index (χ0v) is 12.2. The molecule has 0 saturated carbocycles. The maximum Gasteiger partial charge on any atom is 0.233 e. The maximum absolute atomic E-state index is 12.3. The number of allylic oxidation sites excluding steroid dienone is 2. The van der Waals surface area contributed by atoms with Gasteiger partial charge in [-0.25, -0.2) is 0 Å². The third-order valence-corrected chi connectivity index (χ3v) is 4.18. The summed E-state index contributed by atoms with van der Waals surface area (Å²) < 4.78 is 5.46. The molecule has 2 amide bonds. The molecule has 1 heterocycles. The molecule has 3 unspecified atom stereocenters. The molecule has 5 heteroatoms. The monoisotopic (exact) mass is 301 g/mol. The van der Waals surface area contributed by atoms with E-state index in [-0.39, 0.29) is 36.8 Å². The fraction of sp³-hybridized carbons (Fsp3) is 0.412. The lowest BCUT2D eigenvalue weighted by Crippen LogP contribution is -2.40. The number of carbonyl (C=O) groups excluding carboxylic acids is 2. The van der Waals surface area contributed by atoms with E-state index in [2.05, 4.69) is 0 Å². The van der Waals surface area contributed by atoms with Crippen LogP contribution in [0.3, 0.4) is 0 Å². The van der Waals surface area contributed by atoms with Crippen molar-refractivity contribution in [1.29, 1.82) is 0 Å². The first kappa shape index (κ1) is 14.8. The average Bonchev–Trinajstić information content (AvgIpc) is 2.79. The maximum atomic E-state index is 12.3. The fourth-order valence-corrected chi connectivity index (χ4v) is 3.02. The molecular weight excluding hydrogens is 282 g/mol. The normalized spacial score (nSPS) is 25.2. The second-order valence-electron chi connectivity index (χ2n) is 5.72. The molecule has 1 aromatic carbocycles. The van der Waals surface area contributed by atoms with Crippen molar-refractivity contribution < 1.29 is 19.4 Å². The largest absolute Gasteiger partial charge is 0.491 e. The number of para-hydroxylation sites is 1. The molecule has 3 atom stereocenters. The van der Waals surface area contributed by atoms with E-state index in [9.17, 15) is 14.7 Å². The summed E-state index contributed by atoms with van der Waals surface area (Å²) in [6.45, 7) is 0.0478. The van der Waals surface area contributed by atoms with Crippen molar-refractivity contribution in [3.8, 4) is 5.75 Å². The number of hydrogen-bond donors (Lipinski definition) is 1. The third-order valence-electron chi connectivity index (χ3n) is 4.18. The van der Waals surface area contributed by atoms with Crippen LogP contribution < -0.4 is 4.74 Å². The van der Waals surface area contributed by atoms with Crippen LogP contribution in [0.25, 0.3) is 0 Å². The molecule has 1 aliphatic carbocycles. The van der Waals surface area contributed by atoms with Crippen LogP contribution in [0.1, 0.15) is 12.8 Å². The van der Waals surface area contributed by atoms with Gasteiger partial charge in [0.05, 0.1) is 18.4 Å². The summed E-state index contributed by atoms with van der Waals surface area (Å²) >= 11 is 0. The second-order valence-corrected chi connectivity index (χ2v) is 5.72. The van der Waals surface area contributed by atoms with Crippen LogP contribution in [0, 0.1) is 11.8 Å². The van der Waals surface area contributed by atoms with Gasteiger partial charge in [0.1, 0.15) is 18.5 Å².